The molecule has 1 amide bonds. The second-order valence-corrected chi connectivity index (χ2v) is 5.46. The summed E-state index contributed by atoms with van der Waals surface area (Å²) in [4.78, 5) is 22.8. The standard InChI is InChI=1S/C18H20N2O3/c1-3-4-6-14-9-11-15(12-10-14)19-18(21)16-7-5-8-17(13(16)2)20(22)23/h5,7-12H,3-4,6H2,1-2H3,(H,19,21). The second kappa shape index (κ2) is 7.54. The van der Waals surface area contributed by atoms with Crippen molar-refractivity contribution in [3.63, 3.8) is 0 Å². The highest BCUT2D eigenvalue weighted by Gasteiger charge is 2.17. The highest BCUT2D eigenvalue weighted by atomic mass is 16.6. The summed E-state index contributed by atoms with van der Waals surface area (Å²) in [6.45, 7) is 3.73. The van der Waals surface area contributed by atoms with E-state index < -0.39 is 4.92 Å². The number of rotatable bonds is 6. The van der Waals surface area contributed by atoms with E-state index in [-0.39, 0.29) is 11.6 Å². The van der Waals surface area contributed by atoms with E-state index in [1.807, 2.05) is 24.3 Å². The largest absolute Gasteiger partial charge is 0.322 e. The molecule has 0 unspecified atom stereocenters. The monoisotopic (exact) mass is 312 g/mol. The molecule has 0 aliphatic carbocycles. The first-order valence-electron chi connectivity index (χ1n) is 7.67. The molecule has 0 aliphatic rings. The molecule has 5 nitrogen and oxygen atoms in total. The molecule has 1 N–H and O–H groups in total. The van der Waals surface area contributed by atoms with Gasteiger partial charge in [0.1, 0.15) is 0 Å². The van der Waals surface area contributed by atoms with Crippen LogP contribution in [0, 0.1) is 17.0 Å². The predicted octanol–water partition coefficient (Wildman–Crippen LogP) is 4.50. The van der Waals surface area contributed by atoms with Gasteiger partial charge in [-0.25, -0.2) is 0 Å². The molecule has 0 aromatic heterocycles. The molecule has 0 radical (unpaired) electrons. The number of hydrogen-bond donors (Lipinski definition) is 1. The van der Waals surface area contributed by atoms with Crippen molar-refractivity contribution in [2.75, 3.05) is 5.32 Å². The van der Waals surface area contributed by atoms with Crippen LogP contribution in [0.1, 0.15) is 41.3 Å². The zero-order valence-electron chi connectivity index (χ0n) is 13.3. The Morgan fingerprint density at radius 3 is 2.48 bits per heavy atom. The van der Waals surface area contributed by atoms with Gasteiger partial charge in [0.2, 0.25) is 0 Å². The van der Waals surface area contributed by atoms with Gasteiger partial charge in [0.25, 0.3) is 11.6 Å². The Morgan fingerprint density at radius 2 is 1.87 bits per heavy atom. The van der Waals surface area contributed by atoms with Crippen LogP contribution in [0.25, 0.3) is 0 Å². The molecule has 0 fully saturated rings. The van der Waals surface area contributed by atoms with Gasteiger partial charge >= 0.3 is 0 Å². The number of nitrogens with one attached hydrogen (secondary N) is 1. The molecule has 0 bridgehead atoms. The van der Waals surface area contributed by atoms with E-state index in [2.05, 4.69) is 12.2 Å². The first kappa shape index (κ1) is 16.7. The molecule has 5 heteroatoms. The SMILES string of the molecule is CCCCc1ccc(NC(=O)c2cccc([N+](=O)[O-])c2C)cc1. The van der Waals surface area contributed by atoms with Crippen LogP contribution < -0.4 is 5.32 Å². The summed E-state index contributed by atoms with van der Waals surface area (Å²) < 4.78 is 0. The van der Waals surface area contributed by atoms with Crippen LogP contribution in [-0.2, 0) is 6.42 Å². The van der Waals surface area contributed by atoms with E-state index in [1.54, 1.807) is 13.0 Å². The lowest BCUT2D eigenvalue weighted by Crippen LogP contribution is -2.14. The van der Waals surface area contributed by atoms with E-state index in [9.17, 15) is 14.9 Å². The summed E-state index contributed by atoms with van der Waals surface area (Å²) >= 11 is 0. The zero-order valence-corrected chi connectivity index (χ0v) is 13.3. The predicted molar refractivity (Wildman–Crippen MR) is 90.8 cm³/mol. The summed E-state index contributed by atoms with van der Waals surface area (Å²) in [6.07, 6.45) is 3.30. The summed E-state index contributed by atoms with van der Waals surface area (Å²) in [5.74, 6) is -0.340. The second-order valence-electron chi connectivity index (χ2n) is 5.46. The van der Waals surface area contributed by atoms with Crippen molar-refractivity contribution in [1.82, 2.24) is 0 Å². The summed E-state index contributed by atoms with van der Waals surface area (Å²) in [5, 5.41) is 13.7. The third kappa shape index (κ3) is 4.16. The molecule has 2 rings (SSSR count). The van der Waals surface area contributed by atoms with Crippen molar-refractivity contribution >= 4 is 17.3 Å². The third-order valence-corrected chi connectivity index (χ3v) is 3.78. The molecule has 0 saturated carbocycles. The molecule has 0 heterocycles. The lowest BCUT2D eigenvalue weighted by Gasteiger charge is -2.09. The summed E-state index contributed by atoms with van der Waals surface area (Å²) in [7, 11) is 0. The van der Waals surface area contributed by atoms with Crippen LogP contribution in [-0.4, -0.2) is 10.8 Å². The number of nitro benzene ring substituents is 1. The van der Waals surface area contributed by atoms with Crippen LogP contribution >= 0.6 is 0 Å². The van der Waals surface area contributed by atoms with Gasteiger partial charge in [0.05, 0.1) is 4.92 Å². The number of carbonyl (C=O) groups is 1. The lowest BCUT2D eigenvalue weighted by molar-refractivity contribution is -0.385. The maximum Gasteiger partial charge on any atom is 0.273 e. The van der Waals surface area contributed by atoms with E-state index in [1.165, 1.54) is 17.7 Å². The van der Waals surface area contributed by atoms with Crippen LogP contribution in [0.15, 0.2) is 42.5 Å². The molecule has 0 aliphatic heterocycles. The number of aryl methyl sites for hydroxylation is 1. The van der Waals surface area contributed by atoms with Gasteiger partial charge in [-0.2, -0.15) is 0 Å². The number of nitrogens with zero attached hydrogens (tertiary/aromatic N) is 1. The van der Waals surface area contributed by atoms with E-state index in [0.29, 0.717) is 16.8 Å². The van der Waals surface area contributed by atoms with Crippen molar-refractivity contribution in [3.8, 4) is 0 Å². The zero-order chi connectivity index (χ0) is 16.8. The third-order valence-electron chi connectivity index (χ3n) is 3.78. The minimum absolute atomic E-state index is 0.0486. The first-order valence-corrected chi connectivity index (χ1v) is 7.67. The average Bonchev–Trinajstić information content (AvgIpc) is 2.54. The molecular weight excluding hydrogens is 292 g/mol. The number of nitro groups is 1. The number of anilines is 1. The minimum atomic E-state index is -0.478. The number of carbonyl (C=O) groups excluding carboxylic acids is 1. The number of benzene rings is 2. The van der Waals surface area contributed by atoms with Crippen LogP contribution in [0.2, 0.25) is 0 Å². The first-order chi connectivity index (χ1) is 11.0. The van der Waals surface area contributed by atoms with Crippen molar-refractivity contribution in [1.29, 1.82) is 0 Å². The van der Waals surface area contributed by atoms with Crippen LogP contribution in [0.5, 0.6) is 0 Å². The fraction of sp³-hybridized carbons (Fsp3) is 0.278. The fourth-order valence-corrected chi connectivity index (χ4v) is 2.40. The van der Waals surface area contributed by atoms with Gasteiger partial charge in [-0.1, -0.05) is 31.5 Å². The van der Waals surface area contributed by atoms with Gasteiger partial charge in [0, 0.05) is 22.9 Å². The maximum atomic E-state index is 12.3. The van der Waals surface area contributed by atoms with E-state index >= 15 is 0 Å². The highest BCUT2D eigenvalue weighted by molar-refractivity contribution is 6.05. The minimum Gasteiger partial charge on any atom is -0.322 e. The topological polar surface area (TPSA) is 72.2 Å². The number of amides is 1. The Labute approximate surface area is 135 Å². The van der Waals surface area contributed by atoms with Gasteiger partial charge in [0.15, 0.2) is 0 Å². The average molecular weight is 312 g/mol. The van der Waals surface area contributed by atoms with Crippen molar-refractivity contribution in [3.05, 3.63) is 69.3 Å². The Morgan fingerprint density at radius 1 is 1.17 bits per heavy atom. The molecule has 23 heavy (non-hydrogen) atoms. The summed E-state index contributed by atoms with van der Waals surface area (Å²) in [5.41, 5.74) is 2.55. The van der Waals surface area contributed by atoms with Crippen molar-refractivity contribution < 1.29 is 9.72 Å². The molecule has 2 aromatic carbocycles. The van der Waals surface area contributed by atoms with Crippen LogP contribution in [0.3, 0.4) is 0 Å². The summed E-state index contributed by atoms with van der Waals surface area (Å²) in [6, 6.07) is 12.2. The molecule has 120 valence electrons. The molecule has 0 atom stereocenters. The Kier molecular flexibility index (Phi) is 5.46. The molecule has 2 aromatic rings. The van der Waals surface area contributed by atoms with Crippen molar-refractivity contribution in [2.45, 2.75) is 33.1 Å². The van der Waals surface area contributed by atoms with Gasteiger partial charge in [-0.3, -0.25) is 14.9 Å². The van der Waals surface area contributed by atoms with E-state index in [0.717, 1.165) is 19.3 Å². The Hall–Kier alpha value is -2.69. The Bertz CT molecular complexity index is 709. The molecular formula is C18H20N2O3. The number of hydrogen-bond acceptors (Lipinski definition) is 3. The van der Waals surface area contributed by atoms with Crippen LogP contribution in [0.4, 0.5) is 11.4 Å². The van der Waals surface area contributed by atoms with Gasteiger partial charge in [-0.15, -0.1) is 0 Å². The van der Waals surface area contributed by atoms with Gasteiger partial charge in [-0.05, 0) is 43.5 Å². The van der Waals surface area contributed by atoms with Crippen molar-refractivity contribution in [2.24, 2.45) is 0 Å². The molecule has 0 saturated heterocycles. The normalized spacial score (nSPS) is 10.3. The maximum absolute atomic E-state index is 12.3. The Balaban J connectivity index is 2.13. The van der Waals surface area contributed by atoms with Gasteiger partial charge < -0.3 is 5.32 Å². The lowest BCUT2D eigenvalue weighted by atomic mass is 10.1. The highest BCUT2D eigenvalue weighted by Crippen LogP contribution is 2.22. The quantitative estimate of drug-likeness (QED) is 0.630. The smallest absolute Gasteiger partial charge is 0.273 e. The number of unbranched alkanes of at least 4 members (excludes halogenated alkanes) is 1. The van der Waals surface area contributed by atoms with E-state index in [4.69, 9.17) is 0 Å². The molecule has 0 spiro atoms. The fourth-order valence-electron chi connectivity index (χ4n) is 2.40.